The van der Waals surface area contributed by atoms with Gasteiger partial charge in [0.05, 0.1) is 43.0 Å². The average molecular weight is 777 g/mol. The highest BCUT2D eigenvalue weighted by molar-refractivity contribution is 5.87. The van der Waals surface area contributed by atoms with Crippen LogP contribution >= 0.6 is 0 Å². The first-order chi connectivity index (χ1) is 27.2. The summed E-state index contributed by atoms with van der Waals surface area (Å²) in [5, 5.41) is 14.4. The number of carbonyl (C=O) groups excluding carboxylic acids is 3. The molecule has 0 spiro atoms. The second kappa shape index (κ2) is 17.4. The Morgan fingerprint density at radius 1 is 0.719 bits per heavy atom. The number of methoxy groups -OCH3 is 1. The highest BCUT2D eigenvalue weighted by Crippen LogP contribution is 2.37. The van der Waals surface area contributed by atoms with E-state index in [1.54, 1.807) is 17.3 Å². The summed E-state index contributed by atoms with van der Waals surface area (Å²) in [6, 6.07) is 13.7. The number of carboxylic acid groups (broad SMARTS) is 1. The van der Waals surface area contributed by atoms with Crippen molar-refractivity contribution in [3.05, 3.63) is 83.7 Å². The lowest BCUT2D eigenvalue weighted by Gasteiger charge is -2.30. The Morgan fingerprint density at radius 3 is 1.49 bits per heavy atom. The van der Waals surface area contributed by atoms with E-state index in [1.165, 1.54) is 7.11 Å². The zero-order valence-corrected chi connectivity index (χ0v) is 33.5. The minimum atomic E-state index is -1.22. The lowest BCUT2D eigenvalue weighted by atomic mass is 10.0. The number of imidazole rings is 2. The number of nitrogens with one attached hydrogen (secondary N) is 4. The molecular weight excluding hydrogens is 725 g/mol. The molecule has 5 N–H and O–H groups in total. The summed E-state index contributed by atoms with van der Waals surface area (Å²) in [6.45, 7) is 12.7. The summed E-state index contributed by atoms with van der Waals surface area (Å²) in [6.07, 6.45) is 3.18. The molecule has 2 aliphatic rings. The van der Waals surface area contributed by atoms with Gasteiger partial charge in [-0.3, -0.25) is 9.59 Å². The van der Waals surface area contributed by atoms with E-state index in [4.69, 9.17) is 4.74 Å². The third-order valence-corrected chi connectivity index (χ3v) is 10.8. The molecule has 14 heteroatoms. The number of hydrogen-bond acceptors (Lipinski definition) is 7. The molecule has 57 heavy (non-hydrogen) atoms. The minimum absolute atomic E-state index is 0.119. The number of amides is 4. The number of ether oxygens (including phenoxy) is 1. The van der Waals surface area contributed by atoms with Crippen LogP contribution in [0.3, 0.4) is 0 Å². The zero-order chi connectivity index (χ0) is 41.0. The van der Waals surface area contributed by atoms with Gasteiger partial charge in [0.15, 0.2) is 0 Å². The van der Waals surface area contributed by atoms with E-state index in [9.17, 15) is 24.3 Å². The number of likely N-dealkylation sites (tertiary alicyclic amines) is 2. The Balaban J connectivity index is 1.10. The maximum Gasteiger partial charge on any atom is 0.407 e. The third-order valence-electron chi connectivity index (χ3n) is 10.8. The van der Waals surface area contributed by atoms with Gasteiger partial charge in [0.1, 0.15) is 23.7 Å². The van der Waals surface area contributed by atoms with Gasteiger partial charge in [-0.1, -0.05) is 77.6 Å². The molecule has 2 aliphatic heterocycles. The molecule has 300 valence electrons. The molecule has 6 atom stereocenters. The van der Waals surface area contributed by atoms with Crippen molar-refractivity contribution in [1.29, 1.82) is 0 Å². The van der Waals surface area contributed by atoms with Crippen molar-refractivity contribution < 1.29 is 29.0 Å². The summed E-state index contributed by atoms with van der Waals surface area (Å²) >= 11 is 0. The Kier molecular flexibility index (Phi) is 12.4. The van der Waals surface area contributed by atoms with Crippen LogP contribution in [0.15, 0.2) is 60.9 Å². The first-order valence-corrected chi connectivity index (χ1v) is 19.5. The quantitative estimate of drug-likeness (QED) is 0.115. The van der Waals surface area contributed by atoms with Gasteiger partial charge >= 0.3 is 12.2 Å². The molecule has 4 aromatic rings. The van der Waals surface area contributed by atoms with Gasteiger partial charge < -0.3 is 40.2 Å². The molecule has 0 radical (unpaired) electrons. The lowest BCUT2D eigenvalue weighted by Crippen LogP contribution is -2.51. The topological polar surface area (TPSA) is 186 Å². The Labute approximate surface area is 333 Å². The molecule has 4 amide bonds. The number of H-pyrrole nitrogens is 2. The van der Waals surface area contributed by atoms with Crippen molar-refractivity contribution in [1.82, 2.24) is 40.4 Å². The monoisotopic (exact) mass is 776 g/mol. The predicted molar refractivity (Wildman–Crippen MR) is 214 cm³/mol. The maximum absolute atomic E-state index is 13.6. The number of aromatic nitrogens is 4. The van der Waals surface area contributed by atoms with Gasteiger partial charge in [-0.15, -0.1) is 0 Å². The van der Waals surface area contributed by atoms with Crippen LogP contribution in [-0.2, 0) is 14.3 Å². The molecule has 0 aliphatic carbocycles. The predicted octanol–water partition coefficient (Wildman–Crippen LogP) is 6.36. The highest BCUT2D eigenvalue weighted by Gasteiger charge is 2.41. The van der Waals surface area contributed by atoms with Crippen LogP contribution in [-0.4, -0.2) is 91.1 Å². The largest absolute Gasteiger partial charge is 0.465 e. The van der Waals surface area contributed by atoms with E-state index in [0.717, 1.165) is 46.5 Å². The molecular formula is C43H52N8O6. The molecule has 0 saturated carbocycles. The van der Waals surface area contributed by atoms with Gasteiger partial charge in [-0.2, -0.15) is 0 Å². The van der Waals surface area contributed by atoms with E-state index in [-0.39, 0.29) is 47.6 Å². The van der Waals surface area contributed by atoms with Crippen LogP contribution in [0.2, 0.25) is 0 Å². The number of nitrogens with zero attached hydrogens (tertiary/aromatic N) is 4. The van der Waals surface area contributed by atoms with Crippen LogP contribution in [0.4, 0.5) is 9.59 Å². The van der Waals surface area contributed by atoms with Crippen molar-refractivity contribution in [2.75, 3.05) is 20.2 Å². The fourth-order valence-electron chi connectivity index (χ4n) is 7.72. The molecule has 14 nitrogen and oxygen atoms in total. The first-order valence-electron chi connectivity index (χ1n) is 19.5. The van der Waals surface area contributed by atoms with Crippen molar-refractivity contribution in [3.8, 4) is 34.4 Å². The highest BCUT2D eigenvalue weighted by atomic mass is 16.5. The second-order valence-corrected chi connectivity index (χ2v) is 16.0. The summed E-state index contributed by atoms with van der Waals surface area (Å²) < 4.78 is 4.76. The van der Waals surface area contributed by atoms with Gasteiger partial charge in [-0.25, -0.2) is 19.6 Å². The molecule has 4 heterocycles. The van der Waals surface area contributed by atoms with E-state index < -0.39 is 24.3 Å². The van der Waals surface area contributed by atoms with Crippen LogP contribution in [0.25, 0.3) is 22.5 Å². The maximum atomic E-state index is 13.6. The second-order valence-electron chi connectivity index (χ2n) is 16.0. The van der Waals surface area contributed by atoms with Gasteiger partial charge in [0, 0.05) is 24.2 Å². The number of carbonyl (C=O) groups is 4. The number of hydrogen-bond donors (Lipinski definition) is 5. The number of rotatable bonds is 10. The van der Waals surface area contributed by atoms with Crippen molar-refractivity contribution in [2.45, 2.75) is 78.6 Å². The molecule has 0 bridgehead atoms. The van der Waals surface area contributed by atoms with Gasteiger partial charge in [-0.05, 0) is 71.9 Å². The first kappa shape index (κ1) is 40.6. The normalized spacial score (nSPS) is 20.2. The smallest absolute Gasteiger partial charge is 0.407 e. The Bertz CT molecular complexity index is 2130. The summed E-state index contributed by atoms with van der Waals surface area (Å²) in [5.74, 6) is 7.67. The van der Waals surface area contributed by atoms with Crippen molar-refractivity contribution in [2.24, 2.45) is 23.7 Å². The van der Waals surface area contributed by atoms with Crippen LogP contribution < -0.4 is 10.6 Å². The summed E-state index contributed by atoms with van der Waals surface area (Å²) in [5.41, 5.74) is 5.21. The lowest BCUT2D eigenvalue weighted by molar-refractivity contribution is -0.136. The number of aromatic amines is 2. The standard InChI is InChI=1S/C43H52N8O6/c1-24(2)36(48-42(54)55)40(52)50-22-26(5)18-34(50)38-44-20-32(46-38)30-14-10-28(11-15-30)8-9-29-12-16-31(17-13-29)33-21-45-39(47-33)35-19-27(6)23-51(35)41(53)37(25(3)4)49-43(56)57-7/h10-17,20-21,24-27,34-37,48H,18-19,22-23H2,1-7H3,(H,44,46)(H,45,47)(H,49,56)(H,54,55)/t26-,27-,34-,35-,36-,37-/m0/s1. The van der Waals surface area contributed by atoms with Crippen molar-refractivity contribution in [3.63, 3.8) is 0 Å². The number of benzene rings is 2. The van der Waals surface area contributed by atoms with E-state index in [2.05, 4.69) is 56.3 Å². The summed E-state index contributed by atoms with van der Waals surface area (Å²) in [4.78, 5) is 70.2. The fraction of sp³-hybridized carbons (Fsp3) is 0.442. The van der Waals surface area contributed by atoms with E-state index in [0.29, 0.717) is 24.7 Å². The average Bonchev–Trinajstić information content (AvgIpc) is 4.01. The summed E-state index contributed by atoms with van der Waals surface area (Å²) in [7, 11) is 1.29. The van der Waals surface area contributed by atoms with Crippen molar-refractivity contribution >= 4 is 24.0 Å². The number of alkyl carbamates (subject to hydrolysis) is 1. The Hall–Kier alpha value is -6.10. The molecule has 2 fully saturated rings. The fourth-order valence-corrected chi connectivity index (χ4v) is 7.72. The Morgan fingerprint density at radius 2 is 1.12 bits per heavy atom. The van der Waals surface area contributed by atoms with E-state index >= 15 is 0 Å². The van der Waals surface area contributed by atoms with Crippen LogP contribution in [0, 0.1) is 35.5 Å². The molecule has 2 saturated heterocycles. The zero-order valence-electron chi connectivity index (χ0n) is 33.5. The molecule has 0 unspecified atom stereocenters. The van der Waals surface area contributed by atoms with Gasteiger partial charge in [0.25, 0.3) is 0 Å². The van der Waals surface area contributed by atoms with Gasteiger partial charge in [0.2, 0.25) is 11.8 Å². The van der Waals surface area contributed by atoms with E-state index in [1.807, 2.05) is 81.1 Å². The minimum Gasteiger partial charge on any atom is -0.465 e. The molecule has 6 rings (SSSR count). The molecule has 2 aromatic heterocycles. The van der Waals surface area contributed by atoms with Crippen LogP contribution in [0.1, 0.15) is 89.2 Å². The van der Waals surface area contributed by atoms with Crippen LogP contribution in [0.5, 0.6) is 0 Å². The SMILES string of the molecule is COC(=O)N[C@H](C(=O)N1C[C@@H](C)C[C@H]1c1ncc(-c2ccc(C#Cc3ccc(-c4cnc([C@@H]5C[C@H](C)CN5C(=O)[C@@H](NC(=O)O)C(C)C)[nH]4)cc3)cc2)[nH]1)C(C)C. The third kappa shape index (κ3) is 9.31. The molecule has 2 aromatic carbocycles.